The molecule has 0 aromatic carbocycles. The largest absolute Gasteiger partial charge is 0.508 e. The fourth-order valence-corrected chi connectivity index (χ4v) is 9.59. The number of carbonyl (C=O) groups excluding carboxylic acids is 2. The molecule has 3 unspecified atom stereocenters. The quantitative estimate of drug-likeness (QED) is 0.0605. The number of hydrogen-bond donors (Lipinski definition) is 1. The molecular formula is C25H52O8S2Si2. The van der Waals surface area contributed by atoms with Crippen molar-refractivity contribution in [2.75, 3.05) is 51.1 Å². The van der Waals surface area contributed by atoms with Crippen LogP contribution in [0.3, 0.4) is 0 Å². The van der Waals surface area contributed by atoms with Crippen LogP contribution in [0, 0.1) is 5.41 Å². The lowest BCUT2D eigenvalue weighted by Crippen LogP contribution is -2.48. The first-order valence-electron chi connectivity index (χ1n) is 13.6. The van der Waals surface area contributed by atoms with Gasteiger partial charge in [0.25, 0.3) is 0 Å². The summed E-state index contributed by atoms with van der Waals surface area (Å²) in [6.07, 6.45) is 3.57. The molecule has 0 spiro atoms. The van der Waals surface area contributed by atoms with Crippen molar-refractivity contribution >= 4 is 52.8 Å². The van der Waals surface area contributed by atoms with Gasteiger partial charge in [-0.15, -0.1) is 0 Å². The Hall–Kier alpha value is -0.0862. The van der Waals surface area contributed by atoms with Crippen LogP contribution < -0.4 is 0 Å². The predicted molar refractivity (Wildman–Crippen MR) is 159 cm³/mol. The molecule has 37 heavy (non-hydrogen) atoms. The number of hydrogen-bond acceptors (Lipinski definition) is 10. The van der Waals surface area contributed by atoms with E-state index in [4.69, 9.17) is 27.2 Å². The Balaban J connectivity index is 5.58. The van der Waals surface area contributed by atoms with Crippen molar-refractivity contribution in [3.8, 4) is 0 Å². The molecule has 0 N–H and O–H groups in total. The summed E-state index contributed by atoms with van der Waals surface area (Å²) in [4.78, 5) is 23.5. The van der Waals surface area contributed by atoms with Crippen molar-refractivity contribution in [3.05, 3.63) is 0 Å². The molecule has 3 atom stereocenters. The number of unbranched alkanes of at least 4 members (excludes halogenated alkanes) is 1. The first kappa shape index (κ1) is 36.9. The lowest BCUT2D eigenvalue weighted by atomic mass is 9.88. The van der Waals surface area contributed by atoms with E-state index in [9.17, 15) is 9.59 Å². The highest BCUT2D eigenvalue weighted by Gasteiger charge is 2.41. The zero-order valence-corrected chi connectivity index (χ0v) is 27.9. The van der Waals surface area contributed by atoms with Crippen molar-refractivity contribution in [2.45, 2.75) is 91.9 Å². The second-order valence-corrected chi connectivity index (χ2v) is 18.0. The monoisotopic (exact) mass is 600 g/mol. The summed E-state index contributed by atoms with van der Waals surface area (Å²) in [6.45, 7) is 15.9. The van der Waals surface area contributed by atoms with Crippen molar-refractivity contribution in [1.82, 2.24) is 0 Å². The molecule has 0 bridgehead atoms. The van der Waals surface area contributed by atoms with Crippen LogP contribution >= 0.6 is 24.4 Å². The Morgan fingerprint density at radius 1 is 0.811 bits per heavy atom. The lowest BCUT2D eigenvalue weighted by Gasteiger charge is -2.38. The van der Waals surface area contributed by atoms with Crippen LogP contribution in [0.5, 0.6) is 0 Å². The van der Waals surface area contributed by atoms with Crippen LogP contribution in [0.25, 0.3) is 0 Å². The minimum Gasteiger partial charge on any atom is -0.434 e. The van der Waals surface area contributed by atoms with Gasteiger partial charge in [0.1, 0.15) is 6.61 Å². The third kappa shape index (κ3) is 17.3. The first-order chi connectivity index (χ1) is 17.5. The second-order valence-electron chi connectivity index (χ2n) is 9.58. The fourth-order valence-electron chi connectivity index (χ4n) is 3.63. The van der Waals surface area contributed by atoms with Crippen LogP contribution in [0.1, 0.15) is 66.7 Å². The summed E-state index contributed by atoms with van der Waals surface area (Å²) in [7, 11) is -4.95. The molecule has 0 amide bonds. The molecule has 0 saturated carbocycles. The lowest BCUT2D eigenvalue weighted by molar-refractivity contribution is -0.109. The van der Waals surface area contributed by atoms with Crippen molar-refractivity contribution in [3.63, 3.8) is 0 Å². The Labute approximate surface area is 237 Å². The van der Waals surface area contributed by atoms with E-state index >= 15 is 0 Å². The third-order valence-corrected chi connectivity index (χ3v) is 13.1. The highest BCUT2D eigenvalue weighted by Crippen LogP contribution is 2.30. The smallest absolute Gasteiger partial charge is 0.434 e. The van der Waals surface area contributed by atoms with Gasteiger partial charge in [-0.1, -0.05) is 32.0 Å². The van der Waals surface area contributed by atoms with Crippen LogP contribution in [0.2, 0.25) is 25.2 Å². The minimum absolute atomic E-state index is 0.117. The number of rotatable bonds is 23. The van der Waals surface area contributed by atoms with Crippen molar-refractivity contribution < 1.29 is 36.8 Å². The zero-order valence-electron chi connectivity index (χ0n) is 24.2. The number of carbonyl (C=O) groups is 2. The van der Waals surface area contributed by atoms with Gasteiger partial charge in [-0.05, 0) is 70.5 Å². The topological polar surface area (TPSA) is 89.5 Å². The summed E-state index contributed by atoms with van der Waals surface area (Å²) >= 11 is 5.66. The van der Waals surface area contributed by atoms with E-state index in [2.05, 4.69) is 32.6 Å². The van der Waals surface area contributed by atoms with Gasteiger partial charge in [0.2, 0.25) is 0 Å². The Kier molecular flexibility index (Phi) is 20.7. The van der Waals surface area contributed by atoms with E-state index < -0.39 is 28.7 Å². The highest BCUT2D eigenvalue weighted by molar-refractivity contribution is 8.13. The molecule has 0 rings (SSSR count). The second kappa shape index (κ2) is 20.8. The molecule has 0 aliphatic heterocycles. The van der Waals surface area contributed by atoms with Crippen LogP contribution in [-0.4, -0.2) is 79.5 Å². The van der Waals surface area contributed by atoms with Gasteiger partial charge in [0.05, 0.1) is 6.61 Å². The summed E-state index contributed by atoms with van der Waals surface area (Å²) < 4.78 is 36.1. The SMILES string of the molecule is CCCOC(=O)OCC(CC)(CO[Si](C)(CCCCS)OCC)CO[Si](C)(CCCSC(C)=O)OCC. The first-order valence-corrected chi connectivity index (χ1v) is 20.3. The van der Waals surface area contributed by atoms with Crippen LogP contribution in [0.15, 0.2) is 0 Å². The van der Waals surface area contributed by atoms with Crippen molar-refractivity contribution in [1.29, 1.82) is 0 Å². The standard InChI is InChI=1S/C25H52O8S2Si2/c1-8-15-28-24(27)29-20-25(9-2,21-32-36(6,30-10-3)18-13-12-16-34)22-33-37(7,31-11-4)19-14-17-35-23(5)26/h34H,8-22H2,1-7H3. The molecule has 220 valence electrons. The molecule has 0 aliphatic rings. The van der Waals surface area contributed by atoms with E-state index in [0.29, 0.717) is 39.5 Å². The number of thiol groups is 1. The Morgan fingerprint density at radius 3 is 1.84 bits per heavy atom. The van der Waals surface area contributed by atoms with Gasteiger partial charge < -0.3 is 27.2 Å². The average molecular weight is 601 g/mol. The molecular weight excluding hydrogens is 549 g/mol. The Morgan fingerprint density at radius 2 is 1.38 bits per heavy atom. The van der Waals surface area contributed by atoms with Gasteiger partial charge in [0.15, 0.2) is 5.12 Å². The molecule has 0 aromatic heterocycles. The van der Waals surface area contributed by atoms with E-state index in [1.165, 1.54) is 11.8 Å². The highest BCUT2D eigenvalue weighted by atomic mass is 32.2. The zero-order chi connectivity index (χ0) is 28.2. The summed E-state index contributed by atoms with van der Waals surface area (Å²) in [5.41, 5.74) is -0.570. The maximum absolute atomic E-state index is 12.2. The van der Waals surface area contributed by atoms with E-state index in [-0.39, 0.29) is 11.7 Å². The molecule has 0 radical (unpaired) electrons. The van der Waals surface area contributed by atoms with Gasteiger partial charge >= 0.3 is 23.3 Å². The molecule has 0 saturated heterocycles. The number of ether oxygens (including phenoxy) is 2. The van der Waals surface area contributed by atoms with Crippen molar-refractivity contribution in [2.24, 2.45) is 5.41 Å². The normalized spacial score (nSPS) is 16.4. The molecule has 0 aliphatic carbocycles. The van der Waals surface area contributed by atoms with E-state index in [1.54, 1.807) is 6.92 Å². The van der Waals surface area contributed by atoms with Gasteiger partial charge in [-0.3, -0.25) is 4.79 Å². The van der Waals surface area contributed by atoms with Gasteiger partial charge in [-0.25, -0.2) is 4.79 Å². The predicted octanol–water partition coefficient (Wildman–Crippen LogP) is 6.58. The molecule has 8 nitrogen and oxygen atoms in total. The van der Waals surface area contributed by atoms with Gasteiger partial charge in [-0.2, -0.15) is 12.6 Å². The van der Waals surface area contributed by atoms with E-state index in [0.717, 1.165) is 49.3 Å². The maximum Gasteiger partial charge on any atom is 0.508 e. The van der Waals surface area contributed by atoms with Crippen LogP contribution in [-0.2, 0) is 32.0 Å². The molecule has 12 heteroatoms. The van der Waals surface area contributed by atoms with Gasteiger partial charge in [0, 0.05) is 44.5 Å². The fraction of sp³-hybridized carbons (Fsp3) is 0.920. The third-order valence-electron chi connectivity index (χ3n) is 6.06. The summed E-state index contributed by atoms with van der Waals surface area (Å²) in [5, 5.41) is 0.117. The van der Waals surface area contributed by atoms with E-state index in [1.807, 2.05) is 20.8 Å². The van der Waals surface area contributed by atoms with Crippen LogP contribution in [0.4, 0.5) is 4.79 Å². The molecule has 0 aromatic rings. The minimum atomic E-state index is -2.52. The summed E-state index contributed by atoms with van der Waals surface area (Å²) in [5.74, 6) is 1.58. The number of thioether (sulfide) groups is 1. The molecule has 0 fully saturated rings. The summed E-state index contributed by atoms with van der Waals surface area (Å²) in [6, 6.07) is 1.65. The Bertz CT molecular complexity index is 633. The average Bonchev–Trinajstić information content (AvgIpc) is 2.86. The molecule has 0 heterocycles. The maximum atomic E-state index is 12.2.